The van der Waals surface area contributed by atoms with Crippen molar-refractivity contribution in [3.8, 4) is 5.75 Å². The Bertz CT molecular complexity index is 1330. The van der Waals surface area contributed by atoms with Crippen molar-refractivity contribution in [1.82, 2.24) is 4.57 Å². The summed E-state index contributed by atoms with van der Waals surface area (Å²) in [5, 5.41) is 0.110. The van der Waals surface area contributed by atoms with E-state index in [0.29, 0.717) is 11.3 Å². The largest absolute Gasteiger partial charge is 0.494 e. The van der Waals surface area contributed by atoms with E-state index in [0.717, 1.165) is 5.56 Å². The molecule has 0 bridgehead atoms. The van der Waals surface area contributed by atoms with Crippen LogP contribution >= 0.6 is 0 Å². The van der Waals surface area contributed by atoms with Gasteiger partial charge in [0.25, 0.3) is 5.91 Å². The van der Waals surface area contributed by atoms with E-state index in [-0.39, 0.29) is 35.2 Å². The van der Waals surface area contributed by atoms with Crippen LogP contribution in [0.3, 0.4) is 0 Å². The zero-order chi connectivity index (χ0) is 23.5. The molecule has 0 atom stereocenters. The van der Waals surface area contributed by atoms with Gasteiger partial charge in [-0.05, 0) is 54.4 Å². The number of hydrogen-bond donors (Lipinski definition) is 0. The number of ether oxygens (including phenoxy) is 2. The molecule has 0 unspecified atom stereocenters. The lowest BCUT2D eigenvalue weighted by atomic mass is 10.1. The first-order valence-electron chi connectivity index (χ1n) is 10.3. The Morgan fingerprint density at radius 1 is 0.939 bits per heavy atom. The van der Waals surface area contributed by atoms with Crippen molar-refractivity contribution in [2.45, 2.75) is 20.0 Å². The van der Waals surface area contributed by atoms with Crippen LogP contribution in [0, 0.1) is 18.6 Å². The molecule has 1 aromatic heterocycles. The lowest BCUT2D eigenvalue weighted by Gasteiger charge is -2.08. The fraction of sp³-hybridized carbons (Fsp3) is 0.154. The molecule has 0 aliphatic carbocycles. The predicted molar refractivity (Wildman–Crippen MR) is 119 cm³/mol. The van der Waals surface area contributed by atoms with Crippen LogP contribution in [0.2, 0.25) is 0 Å². The van der Waals surface area contributed by atoms with Gasteiger partial charge < -0.3 is 9.47 Å². The van der Waals surface area contributed by atoms with Gasteiger partial charge in [-0.3, -0.25) is 14.2 Å². The summed E-state index contributed by atoms with van der Waals surface area (Å²) in [4.78, 5) is 25.9. The summed E-state index contributed by atoms with van der Waals surface area (Å²) in [5.74, 6) is -2.18. The zero-order valence-corrected chi connectivity index (χ0v) is 18.1. The fourth-order valence-electron chi connectivity index (χ4n) is 3.81. The average molecular weight is 449 g/mol. The van der Waals surface area contributed by atoms with E-state index < -0.39 is 23.5 Å². The topological polar surface area (TPSA) is 57.5 Å². The van der Waals surface area contributed by atoms with Gasteiger partial charge in [-0.25, -0.2) is 8.78 Å². The van der Waals surface area contributed by atoms with E-state index in [1.165, 1.54) is 42.0 Å². The molecule has 0 amide bonds. The maximum atomic E-state index is 15.3. The highest BCUT2D eigenvalue weighted by Gasteiger charge is 2.25. The summed E-state index contributed by atoms with van der Waals surface area (Å²) in [5.41, 5.74) is 2.05. The lowest BCUT2D eigenvalue weighted by Crippen LogP contribution is -2.14. The fourth-order valence-corrected chi connectivity index (χ4v) is 3.81. The molecule has 5 nitrogen and oxygen atoms in total. The third-order valence-corrected chi connectivity index (χ3v) is 5.48. The third-order valence-electron chi connectivity index (χ3n) is 5.48. The van der Waals surface area contributed by atoms with Gasteiger partial charge in [-0.15, -0.1) is 0 Å². The zero-order valence-electron chi connectivity index (χ0n) is 18.1. The molecule has 4 rings (SSSR count). The Balaban J connectivity index is 1.75. The summed E-state index contributed by atoms with van der Waals surface area (Å²) in [6.07, 6.45) is -0.233. The van der Waals surface area contributed by atoms with Crippen molar-refractivity contribution in [2.75, 3.05) is 7.11 Å². The molecule has 0 aliphatic heterocycles. The SMILES string of the molecule is COc1ccc2c(c1F)c(CC(=O)OCc1ccccc1)c(C)n2C(=O)c1ccc(F)cc1. The van der Waals surface area contributed by atoms with E-state index in [1.807, 2.05) is 30.3 Å². The van der Waals surface area contributed by atoms with Gasteiger partial charge in [0, 0.05) is 16.6 Å². The summed E-state index contributed by atoms with van der Waals surface area (Å²) >= 11 is 0. The number of aromatic nitrogens is 1. The molecule has 0 saturated heterocycles. The minimum atomic E-state index is -0.672. The molecule has 1 heterocycles. The summed E-state index contributed by atoms with van der Waals surface area (Å²) in [6.45, 7) is 1.71. The average Bonchev–Trinajstić information content (AvgIpc) is 3.10. The number of benzene rings is 3. The first-order valence-corrected chi connectivity index (χ1v) is 10.3. The number of esters is 1. The van der Waals surface area contributed by atoms with Crippen molar-refractivity contribution in [3.05, 3.63) is 101 Å². The molecule has 7 heteroatoms. The van der Waals surface area contributed by atoms with Crippen LogP contribution < -0.4 is 4.74 Å². The van der Waals surface area contributed by atoms with Crippen LogP contribution in [-0.2, 0) is 22.6 Å². The normalized spacial score (nSPS) is 10.9. The monoisotopic (exact) mass is 449 g/mol. The Hall–Kier alpha value is -4.00. The van der Waals surface area contributed by atoms with Gasteiger partial charge in [0.15, 0.2) is 11.6 Å². The highest BCUT2D eigenvalue weighted by Crippen LogP contribution is 2.34. The standard InChI is InChI=1S/C26H21F2NO4/c1-16-20(14-23(30)33-15-17-6-4-3-5-7-17)24-21(12-13-22(32-2)25(24)28)29(16)26(31)18-8-10-19(27)11-9-18/h3-13H,14-15H2,1-2H3. The van der Waals surface area contributed by atoms with Crippen LogP contribution in [0.5, 0.6) is 5.75 Å². The minimum Gasteiger partial charge on any atom is -0.494 e. The second kappa shape index (κ2) is 9.24. The maximum Gasteiger partial charge on any atom is 0.310 e. The van der Waals surface area contributed by atoms with E-state index in [2.05, 4.69) is 0 Å². The van der Waals surface area contributed by atoms with Gasteiger partial charge in [0.1, 0.15) is 12.4 Å². The second-order valence-corrected chi connectivity index (χ2v) is 7.51. The van der Waals surface area contributed by atoms with Gasteiger partial charge in [-0.2, -0.15) is 0 Å². The van der Waals surface area contributed by atoms with Crippen LogP contribution in [0.15, 0.2) is 66.7 Å². The Morgan fingerprint density at radius 3 is 2.30 bits per heavy atom. The number of carbonyl (C=O) groups excluding carboxylic acids is 2. The van der Waals surface area contributed by atoms with Crippen molar-refractivity contribution in [2.24, 2.45) is 0 Å². The molecule has 168 valence electrons. The number of carbonyl (C=O) groups is 2. The van der Waals surface area contributed by atoms with Crippen LogP contribution in [0.25, 0.3) is 10.9 Å². The first kappa shape index (κ1) is 22.2. The molecule has 0 aliphatic rings. The van der Waals surface area contributed by atoms with E-state index in [1.54, 1.807) is 13.0 Å². The molecular formula is C26H21F2NO4. The summed E-state index contributed by atoms with van der Waals surface area (Å²) in [6, 6.07) is 17.2. The number of fused-ring (bicyclic) bond motifs is 1. The second-order valence-electron chi connectivity index (χ2n) is 7.51. The molecule has 33 heavy (non-hydrogen) atoms. The lowest BCUT2D eigenvalue weighted by molar-refractivity contribution is -0.144. The minimum absolute atomic E-state index is 0.00668. The molecule has 0 radical (unpaired) electrons. The molecule has 4 aromatic rings. The first-order chi connectivity index (χ1) is 15.9. The van der Waals surface area contributed by atoms with Crippen molar-refractivity contribution < 1.29 is 27.8 Å². The summed E-state index contributed by atoms with van der Waals surface area (Å²) < 4.78 is 40.4. The highest BCUT2D eigenvalue weighted by atomic mass is 19.1. The van der Waals surface area contributed by atoms with E-state index in [4.69, 9.17) is 9.47 Å². The van der Waals surface area contributed by atoms with Gasteiger partial charge in [-0.1, -0.05) is 30.3 Å². The van der Waals surface area contributed by atoms with E-state index in [9.17, 15) is 14.0 Å². The van der Waals surface area contributed by atoms with Crippen molar-refractivity contribution in [3.63, 3.8) is 0 Å². The molecule has 0 fully saturated rings. The molecular weight excluding hydrogens is 428 g/mol. The van der Waals surface area contributed by atoms with Gasteiger partial charge in [0.2, 0.25) is 0 Å². The highest BCUT2D eigenvalue weighted by molar-refractivity contribution is 6.05. The Kier molecular flexibility index (Phi) is 6.22. The molecule has 0 spiro atoms. The third kappa shape index (κ3) is 4.35. The smallest absolute Gasteiger partial charge is 0.310 e. The van der Waals surface area contributed by atoms with E-state index >= 15 is 4.39 Å². The number of methoxy groups -OCH3 is 1. The molecule has 0 saturated carbocycles. The summed E-state index contributed by atoms with van der Waals surface area (Å²) in [7, 11) is 1.34. The molecule has 0 N–H and O–H groups in total. The Labute approximate surface area is 189 Å². The van der Waals surface area contributed by atoms with Crippen molar-refractivity contribution >= 4 is 22.8 Å². The van der Waals surface area contributed by atoms with Crippen LogP contribution in [0.4, 0.5) is 8.78 Å². The van der Waals surface area contributed by atoms with Crippen molar-refractivity contribution in [1.29, 1.82) is 0 Å². The number of hydrogen-bond acceptors (Lipinski definition) is 4. The quantitative estimate of drug-likeness (QED) is 0.379. The number of rotatable bonds is 6. The molecule has 3 aromatic carbocycles. The van der Waals surface area contributed by atoms with Gasteiger partial charge >= 0.3 is 5.97 Å². The number of nitrogens with zero attached hydrogens (tertiary/aromatic N) is 1. The van der Waals surface area contributed by atoms with Gasteiger partial charge in [0.05, 0.1) is 19.0 Å². The predicted octanol–water partition coefficient (Wildman–Crippen LogP) is 5.21. The van der Waals surface area contributed by atoms with Crippen LogP contribution in [-0.4, -0.2) is 23.6 Å². The maximum absolute atomic E-state index is 15.3. The Morgan fingerprint density at radius 2 is 1.64 bits per heavy atom. The van der Waals surface area contributed by atoms with Crippen LogP contribution in [0.1, 0.15) is 27.2 Å². The number of halogens is 2.